The number of carboxylic acid groups (broad SMARTS) is 1. The molecule has 0 aliphatic heterocycles. The van der Waals surface area contributed by atoms with E-state index < -0.39 is 18.0 Å². The Morgan fingerprint density at radius 3 is 2.55 bits per heavy atom. The van der Waals surface area contributed by atoms with E-state index >= 15 is 0 Å². The Balaban J connectivity index is 2.14. The first-order chi connectivity index (χ1) is 10.5. The molecule has 0 saturated heterocycles. The van der Waals surface area contributed by atoms with Crippen LogP contribution >= 0.6 is 0 Å². The minimum atomic E-state index is -1.16. The van der Waals surface area contributed by atoms with Crippen molar-refractivity contribution in [2.24, 2.45) is 7.05 Å². The van der Waals surface area contributed by atoms with Crippen molar-refractivity contribution in [2.75, 3.05) is 13.7 Å². The number of methoxy groups -OCH3 is 1. The summed E-state index contributed by atoms with van der Waals surface area (Å²) in [7, 11) is 2.88. The molecule has 0 aliphatic rings. The fourth-order valence-electron chi connectivity index (χ4n) is 2.19. The summed E-state index contributed by atoms with van der Waals surface area (Å²) in [6, 6.07) is 7.12. The Labute approximate surface area is 125 Å². The second-order valence-electron chi connectivity index (χ2n) is 4.78. The summed E-state index contributed by atoms with van der Waals surface area (Å²) in [6.07, 6.45) is -1.12. The number of carboxylic acids is 1. The number of nitrogens with zero attached hydrogens (tertiary/aromatic N) is 2. The molecule has 0 spiro atoms. The monoisotopic (exact) mass is 307 g/mol. The van der Waals surface area contributed by atoms with Crippen LogP contribution in [0.1, 0.15) is 0 Å². The summed E-state index contributed by atoms with van der Waals surface area (Å²) in [4.78, 5) is 34.9. The van der Waals surface area contributed by atoms with E-state index in [2.05, 4.69) is 5.32 Å². The predicted molar refractivity (Wildman–Crippen MR) is 78.6 cm³/mol. The number of aliphatic carboxylic acids is 1. The SMILES string of the molecule is COC(CNC(=O)Cn1c(=O)n(C)c2ccccc21)C(=O)O. The number of para-hydroxylation sites is 2. The normalized spacial score (nSPS) is 12.3. The molecular formula is C14H17N3O5. The van der Waals surface area contributed by atoms with Gasteiger partial charge in [-0.25, -0.2) is 9.59 Å². The van der Waals surface area contributed by atoms with Crippen LogP contribution < -0.4 is 11.0 Å². The lowest BCUT2D eigenvalue weighted by Crippen LogP contribution is -2.40. The molecule has 1 atom stereocenters. The van der Waals surface area contributed by atoms with Gasteiger partial charge in [0.25, 0.3) is 0 Å². The van der Waals surface area contributed by atoms with Gasteiger partial charge in [-0.3, -0.25) is 13.9 Å². The van der Waals surface area contributed by atoms with Crippen molar-refractivity contribution in [1.82, 2.24) is 14.5 Å². The number of carbonyl (C=O) groups is 2. The molecule has 0 bridgehead atoms. The first-order valence-electron chi connectivity index (χ1n) is 6.62. The molecule has 2 rings (SSSR count). The van der Waals surface area contributed by atoms with Crippen molar-refractivity contribution >= 4 is 22.9 Å². The molecule has 0 saturated carbocycles. The third kappa shape index (κ3) is 3.01. The number of hydrogen-bond donors (Lipinski definition) is 2. The molecule has 1 unspecified atom stereocenters. The number of carbonyl (C=O) groups excluding carboxylic acids is 1. The van der Waals surface area contributed by atoms with Crippen LogP contribution in [0, 0.1) is 0 Å². The number of amides is 1. The summed E-state index contributed by atoms with van der Waals surface area (Å²) >= 11 is 0. The lowest BCUT2D eigenvalue weighted by atomic mass is 10.3. The van der Waals surface area contributed by atoms with Crippen LogP contribution in [0.25, 0.3) is 11.0 Å². The number of hydrogen-bond acceptors (Lipinski definition) is 4. The van der Waals surface area contributed by atoms with Crippen LogP contribution in [0.3, 0.4) is 0 Å². The highest BCUT2D eigenvalue weighted by atomic mass is 16.5. The van der Waals surface area contributed by atoms with Gasteiger partial charge in [-0.15, -0.1) is 0 Å². The predicted octanol–water partition coefficient (Wildman–Crippen LogP) is -0.444. The number of ether oxygens (including phenoxy) is 1. The number of imidazole rings is 1. The van der Waals surface area contributed by atoms with Crippen molar-refractivity contribution in [2.45, 2.75) is 12.6 Å². The molecule has 1 aromatic carbocycles. The molecule has 1 heterocycles. The van der Waals surface area contributed by atoms with E-state index in [1.165, 1.54) is 16.2 Å². The summed E-state index contributed by atoms with van der Waals surface area (Å²) in [5.41, 5.74) is 1.06. The Morgan fingerprint density at radius 1 is 1.32 bits per heavy atom. The Morgan fingerprint density at radius 2 is 1.95 bits per heavy atom. The molecule has 0 radical (unpaired) electrons. The Hall–Kier alpha value is -2.61. The van der Waals surface area contributed by atoms with Crippen molar-refractivity contribution < 1.29 is 19.4 Å². The minimum Gasteiger partial charge on any atom is -0.479 e. The van der Waals surface area contributed by atoms with Gasteiger partial charge in [-0.2, -0.15) is 0 Å². The third-order valence-electron chi connectivity index (χ3n) is 3.40. The highest BCUT2D eigenvalue weighted by Crippen LogP contribution is 2.11. The number of rotatable bonds is 6. The van der Waals surface area contributed by atoms with Crippen LogP contribution in [-0.4, -0.2) is 45.9 Å². The lowest BCUT2D eigenvalue weighted by molar-refractivity contribution is -0.148. The van der Waals surface area contributed by atoms with Gasteiger partial charge in [0.05, 0.1) is 17.6 Å². The molecule has 2 aromatic rings. The van der Waals surface area contributed by atoms with Crippen LogP contribution in [0.2, 0.25) is 0 Å². The zero-order valence-electron chi connectivity index (χ0n) is 12.3. The largest absolute Gasteiger partial charge is 0.479 e. The van der Waals surface area contributed by atoms with Crippen LogP contribution in [-0.2, 0) is 27.9 Å². The zero-order valence-corrected chi connectivity index (χ0v) is 12.3. The number of aromatic nitrogens is 2. The maximum absolute atomic E-state index is 12.2. The molecule has 1 aromatic heterocycles. The minimum absolute atomic E-state index is 0.163. The van der Waals surface area contributed by atoms with E-state index in [9.17, 15) is 14.4 Å². The smallest absolute Gasteiger partial charge is 0.334 e. The van der Waals surface area contributed by atoms with Crippen molar-refractivity contribution in [3.05, 3.63) is 34.7 Å². The van der Waals surface area contributed by atoms with Crippen LogP contribution in [0.15, 0.2) is 29.1 Å². The summed E-state index contributed by atoms with van der Waals surface area (Å²) in [6.45, 7) is -0.347. The van der Waals surface area contributed by atoms with Gasteiger partial charge in [0.2, 0.25) is 5.91 Å². The average molecular weight is 307 g/mol. The first-order valence-corrected chi connectivity index (χ1v) is 6.62. The average Bonchev–Trinajstić information content (AvgIpc) is 2.73. The first kappa shape index (κ1) is 15.8. The van der Waals surface area contributed by atoms with Crippen molar-refractivity contribution in [3.8, 4) is 0 Å². The summed E-state index contributed by atoms with van der Waals surface area (Å²) in [5.74, 6) is -1.62. The molecule has 0 fully saturated rings. The zero-order chi connectivity index (χ0) is 16.3. The van der Waals surface area contributed by atoms with Crippen LogP contribution in [0.5, 0.6) is 0 Å². The van der Waals surface area contributed by atoms with Gasteiger partial charge in [0.1, 0.15) is 6.54 Å². The molecule has 1 amide bonds. The highest BCUT2D eigenvalue weighted by Gasteiger charge is 2.18. The van der Waals surface area contributed by atoms with Crippen molar-refractivity contribution in [3.63, 3.8) is 0 Å². The molecule has 8 heteroatoms. The van der Waals surface area contributed by atoms with Gasteiger partial charge >= 0.3 is 11.7 Å². The second kappa shape index (κ2) is 6.44. The van der Waals surface area contributed by atoms with E-state index in [-0.39, 0.29) is 18.8 Å². The number of benzene rings is 1. The van der Waals surface area contributed by atoms with E-state index in [1.54, 1.807) is 25.2 Å². The van der Waals surface area contributed by atoms with Gasteiger partial charge in [-0.05, 0) is 12.1 Å². The van der Waals surface area contributed by atoms with Gasteiger partial charge in [0.15, 0.2) is 6.10 Å². The maximum atomic E-state index is 12.2. The van der Waals surface area contributed by atoms with E-state index in [4.69, 9.17) is 9.84 Å². The third-order valence-corrected chi connectivity index (χ3v) is 3.40. The van der Waals surface area contributed by atoms with Gasteiger partial charge in [-0.1, -0.05) is 12.1 Å². The molecule has 0 aliphatic carbocycles. The van der Waals surface area contributed by atoms with E-state index in [1.807, 2.05) is 6.07 Å². The summed E-state index contributed by atoms with van der Waals surface area (Å²) in [5, 5.41) is 11.3. The fraction of sp³-hybridized carbons (Fsp3) is 0.357. The molecule has 8 nitrogen and oxygen atoms in total. The summed E-state index contributed by atoms with van der Waals surface area (Å²) < 4.78 is 7.52. The maximum Gasteiger partial charge on any atom is 0.334 e. The molecular weight excluding hydrogens is 290 g/mol. The standard InChI is InChI=1S/C14H17N3O5/c1-16-9-5-3-4-6-10(9)17(14(16)21)8-12(18)15-7-11(22-2)13(19)20/h3-6,11H,7-8H2,1-2H3,(H,15,18)(H,19,20). The van der Waals surface area contributed by atoms with Crippen molar-refractivity contribution in [1.29, 1.82) is 0 Å². The van der Waals surface area contributed by atoms with Gasteiger partial charge in [0, 0.05) is 14.2 Å². The lowest BCUT2D eigenvalue weighted by Gasteiger charge is -2.11. The highest BCUT2D eigenvalue weighted by molar-refractivity contribution is 5.81. The Bertz CT molecular complexity index is 761. The number of fused-ring (bicyclic) bond motifs is 1. The second-order valence-corrected chi connectivity index (χ2v) is 4.78. The van der Waals surface area contributed by atoms with E-state index in [0.29, 0.717) is 5.52 Å². The fourth-order valence-corrected chi connectivity index (χ4v) is 2.19. The topological polar surface area (TPSA) is 103 Å². The quantitative estimate of drug-likeness (QED) is 0.753. The molecule has 2 N–H and O–H groups in total. The molecule has 22 heavy (non-hydrogen) atoms. The van der Waals surface area contributed by atoms with Crippen LogP contribution in [0.4, 0.5) is 0 Å². The number of nitrogens with one attached hydrogen (secondary N) is 1. The molecule has 118 valence electrons. The van der Waals surface area contributed by atoms with Gasteiger partial charge < -0.3 is 15.2 Å². The Kier molecular flexibility index (Phi) is 4.62. The van der Waals surface area contributed by atoms with E-state index in [0.717, 1.165) is 5.52 Å². The number of aryl methyl sites for hydroxylation is 1.